The summed E-state index contributed by atoms with van der Waals surface area (Å²) in [6.45, 7) is 5.70. The summed E-state index contributed by atoms with van der Waals surface area (Å²) >= 11 is 3.45. The molecule has 0 saturated heterocycles. The van der Waals surface area contributed by atoms with Gasteiger partial charge in [0.15, 0.2) is 0 Å². The van der Waals surface area contributed by atoms with Gasteiger partial charge in [-0.05, 0) is 24.1 Å². The first-order valence-electron chi connectivity index (χ1n) is 3.79. The fourth-order valence-corrected chi connectivity index (χ4v) is 1.35. The quantitative estimate of drug-likeness (QED) is 0.771. The van der Waals surface area contributed by atoms with Crippen molar-refractivity contribution in [2.24, 2.45) is 5.73 Å². The summed E-state index contributed by atoms with van der Waals surface area (Å²) in [5, 5.41) is 0. The number of aryl methyl sites for hydroxylation is 1. The Morgan fingerprint density at radius 1 is 1.58 bits per heavy atom. The van der Waals surface area contributed by atoms with Crippen LogP contribution in [0.15, 0.2) is 35.3 Å². The molecule has 0 amide bonds. The third-order valence-electron chi connectivity index (χ3n) is 1.83. The van der Waals surface area contributed by atoms with E-state index in [2.05, 4.69) is 22.5 Å². The lowest BCUT2D eigenvalue weighted by atomic mass is 10.1. The summed E-state index contributed by atoms with van der Waals surface area (Å²) in [4.78, 5) is 0. The highest BCUT2D eigenvalue weighted by atomic mass is 79.9. The first-order chi connectivity index (χ1) is 5.65. The molecule has 0 radical (unpaired) electrons. The number of rotatable bonds is 2. The van der Waals surface area contributed by atoms with Crippen molar-refractivity contribution in [2.45, 2.75) is 13.0 Å². The van der Waals surface area contributed by atoms with Crippen molar-refractivity contribution in [3.63, 3.8) is 0 Å². The third kappa shape index (κ3) is 1.96. The maximum absolute atomic E-state index is 5.77. The zero-order chi connectivity index (χ0) is 9.14. The van der Waals surface area contributed by atoms with Gasteiger partial charge in [-0.15, -0.1) is 6.58 Å². The Kier molecular flexibility index (Phi) is 3.06. The zero-order valence-corrected chi connectivity index (χ0v) is 8.64. The van der Waals surface area contributed by atoms with E-state index in [9.17, 15) is 0 Å². The lowest BCUT2D eigenvalue weighted by Gasteiger charge is -2.07. The lowest BCUT2D eigenvalue weighted by molar-refractivity contribution is 0.912. The molecule has 0 aliphatic heterocycles. The average molecular weight is 226 g/mol. The summed E-state index contributed by atoms with van der Waals surface area (Å²) in [5.74, 6) is 0. The minimum atomic E-state index is -0.0677. The van der Waals surface area contributed by atoms with Crippen molar-refractivity contribution in [1.29, 1.82) is 0 Å². The standard InChI is InChI=1S/C10H12BrN/c1-3-10(12)8-5-4-7(2)9(11)6-8/h3-6,10H,1,12H2,2H3/t10-/m1/s1. The van der Waals surface area contributed by atoms with Gasteiger partial charge in [0.05, 0.1) is 0 Å². The van der Waals surface area contributed by atoms with Crippen LogP contribution in [0.5, 0.6) is 0 Å². The molecule has 1 atom stereocenters. The summed E-state index contributed by atoms with van der Waals surface area (Å²) in [6, 6.07) is 6.03. The number of hydrogen-bond acceptors (Lipinski definition) is 1. The topological polar surface area (TPSA) is 26.0 Å². The van der Waals surface area contributed by atoms with Crippen molar-refractivity contribution >= 4 is 15.9 Å². The minimum absolute atomic E-state index is 0.0677. The van der Waals surface area contributed by atoms with E-state index in [1.165, 1.54) is 5.56 Å². The van der Waals surface area contributed by atoms with Crippen molar-refractivity contribution in [1.82, 2.24) is 0 Å². The molecule has 2 N–H and O–H groups in total. The van der Waals surface area contributed by atoms with E-state index in [-0.39, 0.29) is 6.04 Å². The summed E-state index contributed by atoms with van der Waals surface area (Å²) in [6.07, 6.45) is 1.73. The summed E-state index contributed by atoms with van der Waals surface area (Å²) < 4.78 is 1.09. The molecule has 1 nitrogen and oxygen atoms in total. The van der Waals surface area contributed by atoms with Gasteiger partial charge in [-0.25, -0.2) is 0 Å². The number of halogens is 1. The van der Waals surface area contributed by atoms with Gasteiger partial charge in [-0.1, -0.05) is 34.1 Å². The highest BCUT2D eigenvalue weighted by Gasteiger charge is 2.02. The van der Waals surface area contributed by atoms with E-state index in [4.69, 9.17) is 5.73 Å². The average Bonchev–Trinajstić information content (AvgIpc) is 2.08. The van der Waals surface area contributed by atoms with Crippen LogP contribution in [0.2, 0.25) is 0 Å². The molecule has 0 spiro atoms. The monoisotopic (exact) mass is 225 g/mol. The summed E-state index contributed by atoms with van der Waals surface area (Å²) in [7, 11) is 0. The van der Waals surface area contributed by atoms with Gasteiger partial charge in [-0.2, -0.15) is 0 Å². The molecule has 0 saturated carbocycles. The Labute approximate surface area is 81.4 Å². The molecule has 0 aromatic heterocycles. The maximum atomic E-state index is 5.77. The molecule has 2 heteroatoms. The second-order valence-corrected chi connectivity index (χ2v) is 3.62. The van der Waals surface area contributed by atoms with E-state index in [0.29, 0.717) is 0 Å². The van der Waals surface area contributed by atoms with Crippen molar-refractivity contribution in [3.8, 4) is 0 Å². The van der Waals surface area contributed by atoms with E-state index in [1.807, 2.05) is 25.1 Å². The number of benzene rings is 1. The van der Waals surface area contributed by atoms with Crippen LogP contribution in [0.4, 0.5) is 0 Å². The molecule has 12 heavy (non-hydrogen) atoms. The van der Waals surface area contributed by atoms with E-state index < -0.39 is 0 Å². The zero-order valence-electron chi connectivity index (χ0n) is 7.05. The normalized spacial score (nSPS) is 12.6. The SMILES string of the molecule is C=C[C@@H](N)c1ccc(C)c(Br)c1. The Balaban J connectivity index is 3.04. The lowest BCUT2D eigenvalue weighted by Crippen LogP contribution is -2.06. The Bertz CT molecular complexity index is 294. The second kappa shape index (κ2) is 3.87. The van der Waals surface area contributed by atoms with Crippen molar-refractivity contribution in [3.05, 3.63) is 46.5 Å². The second-order valence-electron chi connectivity index (χ2n) is 2.77. The molecule has 0 unspecified atom stereocenters. The smallest absolute Gasteiger partial charge is 0.0478 e. The van der Waals surface area contributed by atoms with Crippen LogP contribution in [0.25, 0.3) is 0 Å². The van der Waals surface area contributed by atoms with E-state index in [0.717, 1.165) is 10.0 Å². The number of nitrogens with two attached hydrogens (primary N) is 1. The van der Waals surface area contributed by atoms with Crippen molar-refractivity contribution in [2.75, 3.05) is 0 Å². The minimum Gasteiger partial charge on any atom is -0.321 e. The number of hydrogen-bond donors (Lipinski definition) is 1. The van der Waals surface area contributed by atoms with Crippen LogP contribution in [0, 0.1) is 6.92 Å². The van der Waals surface area contributed by atoms with Crippen LogP contribution in [0.1, 0.15) is 17.2 Å². The largest absolute Gasteiger partial charge is 0.321 e. The fourth-order valence-electron chi connectivity index (χ4n) is 0.953. The van der Waals surface area contributed by atoms with Gasteiger partial charge in [0.1, 0.15) is 0 Å². The first kappa shape index (κ1) is 9.49. The van der Waals surface area contributed by atoms with Gasteiger partial charge in [-0.3, -0.25) is 0 Å². The predicted octanol–water partition coefficient (Wildman–Crippen LogP) is 2.94. The molecule has 0 fully saturated rings. The summed E-state index contributed by atoms with van der Waals surface area (Å²) in [5.41, 5.74) is 8.08. The van der Waals surface area contributed by atoms with Gasteiger partial charge in [0.25, 0.3) is 0 Å². The van der Waals surface area contributed by atoms with Crippen LogP contribution in [-0.2, 0) is 0 Å². The molecular weight excluding hydrogens is 214 g/mol. The molecule has 0 heterocycles. The van der Waals surface area contributed by atoms with Crippen LogP contribution in [0.3, 0.4) is 0 Å². The van der Waals surface area contributed by atoms with Crippen LogP contribution in [-0.4, -0.2) is 0 Å². The molecule has 0 aliphatic rings. The maximum Gasteiger partial charge on any atom is 0.0478 e. The molecule has 1 aromatic rings. The van der Waals surface area contributed by atoms with Gasteiger partial charge >= 0.3 is 0 Å². The van der Waals surface area contributed by atoms with Gasteiger partial charge < -0.3 is 5.73 Å². The van der Waals surface area contributed by atoms with Crippen LogP contribution >= 0.6 is 15.9 Å². The molecular formula is C10H12BrN. The molecule has 0 bridgehead atoms. The van der Waals surface area contributed by atoms with Gasteiger partial charge in [0.2, 0.25) is 0 Å². The molecule has 1 rings (SSSR count). The Hall–Kier alpha value is -0.600. The van der Waals surface area contributed by atoms with Gasteiger partial charge in [0, 0.05) is 10.5 Å². The fraction of sp³-hybridized carbons (Fsp3) is 0.200. The third-order valence-corrected chi connectivity index (χ3v) is 2.69. The Morgan fingerprint density at radius 2 is 2.25 bits per heavy atom. The first-order valence-corrected chi connectivity index (χ1v) is 4.58. The molecule has 64 valence electrons. The van der Waals surface area contributed by atoms with E-state index >= 15 is 0 Å². The van der Waals surface area contributed by atoms with Crippen LogP contribution < -0.4 is 5.73 Å². The molecule has 0 aliphatic carbocycles. The highest BCUT2D eigenvalue weighted by molar-refractivity contribution is 9.10. The highest BCUT2D eigenvalue weighted by Crippen LogP contribution is 2.20. The van der Waals surface area contributed by atoms with Crippen molar-refractivity contribution < 1.29 is 0 Å². The molecule has 1 aromatic carbocycles. The van der Waals surface area contributed by atoms with E-state index in [1.54, 1.807) is 6.08 Å². The Morgan fingerprint density at radius 3 is 2.75 bits per heavy atom. The predicted molar refractivity (Wildman–Crippen MR) is 56.0 cm³/mol.